The number of halogens is 1. The summed E-state index contributed by atoms with van der Waals surface area (Å²) in [5, 5.41) is 7.50. The minimum Gasteiger partial charge on any atom is -0.482 e. The van der Waals surface area contributed by atoms with Crippen molar-refractivity contribution in [3.05, 3.63) is 54.0 Å². The third-order valence-corrected chi connectivity index (χ3v) is 5.14. The summed E-state index contributed by atoms with van der Waals surface area (Å²) >= 11 is 0. The van der Waals surface area contributed by atoms with Gasteiger partial charge < -0.3 is 10.1 Å². The van der Waals surface area contributed by atoms with E-state index in [9.17, 15) is 14.0 Å². The van der Waals surface area contributed by atoms with Gasteiger partial charge in [-0.05, 0) is 48.9 Å². The average molecular weight is 407 g/mol. The SMILES string of the molecule is CCC(=O)CCn1nc(C)c(-c2ccc3c(c2)NC(=O)CO3)c1-c1ccc(F)cc1. The number of anilines is 1. The van der Waals surface area contributed by atoms with Crippen LogP contribution >= 0.6 is 0 Å². The molecule has 2 heterocycles. The maximum Gasteiger partial charge on any atom is 0.262 e. The molecule has 0 spiro atoms. The van der Waals surface area contributed by atoms with Crippen LogP contribution in [0.2, 0.25) is 0 Å². The summed E-state index contributed by atoms with van der Waals surface area (Å²) in [5.41, 5.74) is 4.70. The molecule has 0 saturated heterocycles. The van der Waals surface area contributed by atoms with E-state index in [-0.39, 0.29) is 24.1 Å². The van der Waals surface area contributed by atoms with E-state index in [1.807, 2.05) is 32.0 Å². The molecule has 0 radical (unpaired) electrons. The molecular formula is C23H22FN3O3. The lowest BCUT2D eigenvalue weighted by Gasteiger charge is -2.19. The van der Waals surface area contributed by atoms with Gasteiger partial charge in [0.15, 0.2) is 6.61 Å². The molecule has 154 valence electrons. The van der Waals surface area contributed by atoms with Crippen molar-refractivity contribution in [1.82, 2.24) is 9.78 Å². The van der Waals surface area contributed by atoms with E-state index in [2.05, 4.69) is 10.4 Å². The number of carbonyl (C=O) groups is 2. The third kappa shape index (κ3) is 3.83. The molecule has 0 saturated carbocycles. The molecule has 0 aliphatic carbocycles. The molecule has 1 aliphatic rings. The smallest absolute Gasteiger partial charge is 0.262 e. The molecule has 0 unspecified atom stereocenters. The van der Waals surface area contributed by atoms with Gasteiger partial charge in [-0.3, -0.25) is 14.3 Å². The van der Waals surface area contributed by atoms with Crippen molar-refractivity contribution < 1.29 is 18.7 Å². The van der Waals surface area contributed by atoms with Crippen molar-refractivity contribution >= 4 is 17.4 Å². The fourth-order valence-electron chi connectivity index (χ4n) is 3.64. The van der Waals surface area contributed by atoms with Crippen molar-refractivity contribution in [2.75, 3.05) is 11.9 Å². The number of hydrogen-bond donors (Lipinski definition) is 1. The van der Waals surface area contributed by atoms with Crippen LogP contribution in [0.4, 0.5) is 10.1 Å². The van der Waals surface area contributed by atoms with Crippen LogP contribution in [0.5, 0.6) is 5.75 Å². The zero-order chi connectivity index (χ0) is 21.3. The van der Waals surface area contributed by atoms with Gasteiger partial charge in [0.05, 0.1) is 17.1 Å². The van der Waals surface area contributed by atoms with Crippen molar-refractivity contribution in [2.45, 2.75) is 33.2 Å². The van der Waals surface area contributed by atoms with Gasteiger partial charge in [0.1, 0.15) is 17.3 Å². The number of Topliss-reactive ketones (excluding diaryl/α,β-unsaturated/α-hetero) is 1. The monoisotopic (exact) mass is 407 g/mol. The number of aromatic nitrogens is 2. The summed E-state index contributed by atoms with van der Waals surface area (Å²) in [6.07, 6.45) is 0.850. The van der Waals surface area contributed by atoms with Gasteiger partial charge in [-0.2, -0.15) is 5.10 Å². The molecule has 0 fully saturated rings. The van der Waals surface area contributed by atoms with Crippen molar-refractivity contribution in [3.63, 3.8) is 0 Å². The van der Waals surface area contributed by atoms with E-state index in [1.165, 1.54) is 12.1 Å². The van der Waals surface area contributed by atoms with E-state index in [4.69, 9.17) is 4.74 Å². The topological polar surface area (TPSA) is 73.2 Å². The van der Waals surface area contributed by atoms with Gasteiger partial charge in [0, 0.05) is 30.5 Å². The lowest BCUT2D eigenvalue weighted by Crippen LogP contribution is -2.25. The van der Waals surface area contributed by atoms with E-state index >= 15 is 0 Å². The first-order valence-electron chi connectivity index (χ1n) is 9.88. The van der Waals surface area contributed by atoms with Crippen molar-refractivity contribution in [1.29, 1.82) is 0 Å². The molecule has 6 nitrogen and oxygen atoms in total. The normalized spacial score (nSPS) is 12.8. The number of ketones is 1. The Morgan fingerprint density at radius 1 is 1.20 bits per heavy atom. The van der Waals surface area contributed by atoms with Crippen LogP contribution in [0.3, 0.4) is 0 Å². The fourth-order valence-corrected chi connectivity index (χ4v) is 3.64. The quantitative estimate of drug-likeness (QED) is 0.659. The van der Waals surface area contributed by atoms with Crippen LogP contribution < -0.4 is 10.1 Å². The van der Waals surface area contributed by atoms with Crippen LogP contribution in [0, 0.1) is 12.7 Å². The summed E-state index contributed by atoms with van der Waals surface area (Å²) < 4.78 is 20.8. The Kier molecular flexibility index (Phi) is 5.35. The van der Waals surface area contributed by atoms with Gasteiger partial charge in [0.2, 0.25) is 0 Å². The Hall–Kier alpha value is -3.48. The van der Waals surface area contributed by atoms with E-state index in [0.29, 0.717) is 30.8 Å². The number of amides is 1. The van der Waals surface area contributed by atoms with Crippen molar-refractivity contribution in [3.8, 4) is 28.1 Å². The minimum atomic E-state index is -0.321. The Labute approximate surface area is 173 Å². The summed E-state index contributed by atoms with van der Waals surface area (Å²) in [6.45, 7) is 4.17. The number of nitrogens with zero attached hydrogens (tertiary/aromatic N) is 2. The van der Waals surface area contributed by atoms with E-state index < -0.39 is 0 Å². The number of aryl methyl sites for hydroxylation is 2. The largest absolute Gasteiger partial charge is 0.482 e. The molecule has 30 heavy (non-hydrogen) atoms. The second-order valence-corrected chi connectivity index (χ2v) is 7.23. The number of carbonyl (C=O) groups excluding carboxylic acids is 2. The minimum absolute atomic E-state index is 0.00437. The Morgan fingerprint density at radius 2 is 1.93 bits per heavy atom. The maximum absolute atomic E-state index is 13.5. The molecular weight excluding hydrogens is 385 g/mol. The van der Waals surface area contributed by atoms with Gasteiger partial charge in [-0.25, -0.2) is 4.39 Å². The average Bonchev–Trinajstić information content (AvgIpc) is 3.08. The fraction of sp³-hybridized carbons (Fsp3) is 0.261. The van der Waals surface area contributed by atoms with Crippen LogP contribution in [-0.4, -0.2) is 28.1 Å². The van der Waals surface area contributed by atoms with Crippen LogP contribution in [0.1, 0.15) is 25.5 Å². The number of ether oxygens (including phenoxy) is 1. The van der Waals surface area contributed by atoms with Gasteiger partial charge >= 0.3 is 0 Å². The standard InChI is InChI=1S/C23H22FN3O3/c1-3-18(28)10-11-27-23(15-4-7-17(24)8-5-15)22(14(2)26-27)16-6-9-20-19(12-16)25-21(29)13-30-20/h4-9,12H,3,10-11,13H2,1-2H3,(H,25,29). The number of fused-ring (bicyclic) bond motifs is 1. The molecule has 7 heteroatoms. The second kappa shape index (κ2) is 8.10. The second-order valence-electron chi connectivity index (χ2n) is 7.23. The van der Waals surface area contributed by atoms with Crippen LogP contribution in [0.15, 0.2) is 42.5 Å². The third-order valence-electron chi connectivity index (χ3n) is 5.14. The summed E-state index contributed by atoms with van der Waals surface area (Å²) in [4.78, 5) is 23.6. The molecule has 1 aliphatic heterocycles. The molecule has 2 aromatic carbocycles. The zero-order valence-corrected chi connectivity index (χ0v) is 16.9. The zero-order valence-electron chi connectivity index (χ0n) is 16.9. The lowest BCUT2D eigenvalue weighted by atomic mass is 9.98. The first kappa shape index (κ1) is 19.8. The maximum atomic E-state index is 13.5. The number of hydrogen-bond acceptors (Lipinski definition) is 4. The summed E-state index contributed by atoms with van der Waals surface area (Å²) in [6, 6.07) is 11.8. The highest BCUT2D eigenvalue weighted by Crippen LogP contribution is 2.39. The van der Waals surface area contributed by atoms with E-state index in [0.717, 1.165) is 28.1 Å². The Bertz CT molecular complexity index is 1120. The molecule has 4 rings (SSSR count). The van der Waals surface area contributed by atoms with E-state index in [1.54, 1.807) is 16.8 Å². The van der Waals surface area contributed by atoms with Crippen LogP contribution in [0.25, 0.3) is 22.4 Å². The molecule has 0 bridgehead atoms. The molecule has 1 amide bonds. The molecule has 1 aromatic heterocycles. The summed E-state index contributed by atoms with van der Waals surface area (Å²) in [5.74, 6) is 0.241. The number of benzene rings is 2. The number of nitrogens with one attached hydrogen (secondary N) is 1. The molecule has 3 aromatic rings. The van der Waals surface area contributed by atoms with Gasteiger partial charge in [-0.15, -0.1) is 0 Å². The Balaban J connectivity index is 1.84. The predicted molar refractivity (Wildman–Crippen MR) is 112 cm³/mol. The highest BCUT2D eigenvalue weighted by Gasteiger charge is 2.22. The highest BCUT2D eigenvalue weighted by molar-refractivity contribution is 5.97. The molecule has 0 atom stereocenters. The Morgan fingerprint density at radius 3 is 2.67 bits per heavy atom. The predicted octanol–water partition coefficient (Wildman–Crippen LogP) is 4.36. The first-order chi connectivity index (χ1) is 14.5. The highest BCUT2D eigenvalue weighted by atomic mass is 19.1. The van der Waals surface area contributed by atoms with Gasteiger partial charge in [0.25, 0.3) is 5.91 Å². The number of rotatable bonds is 6. The summed E-state index contributed by atoms with van der Waals surface area (Å²) in [7, 11) is 0. The molecule has 1 N–H and O–H groups in total. The van der Waals surface area contributed by atoms with Gasteiger partial charge in [-0.1, -0.05) is 13.0 Å². The lowest BCUT2D eigenvalue weighted by molar-refractivity contribution is -0.119. The first-order valence-corrected chi connectivity index (χ1v) is 9.88. The van der Waals surface area contributed by atoms with Crippen molar-refractivity contribution in [2.24, 2.45) is 0 Å². The van der Waals surface area contributed by atoms with Crippen LogP contribution in [-0.2, 0) is 16.1 Å².